The highest BCUT2D eigenvalue weighted by molar-refractivity contribution is 5.69. The molecule has 3 aromatic rings. The van der Waals surface area contributed by atoms with Crippen molar-refractivity contribution >= 4 is 6.29 Å². The van der Waals surface area contributed by atoms with Crippen LogP contribution >= 0.6 is 0 Å². The number of aromatic nitrogens is 2. The number of aryl methyl sites for hydroxylation is 1. The number of benzene rings is 2. The average molecular weight is 276 g/mol. The second-order valence-electron chi connectivity index (χ2n) is 5.09. The van der Waals surface area contributed by atoms with Crippen LogP contribution in [0, 0.1) is 6.92 Å². The van der Waals surface area contributed by atoms with E-state index in [4.69, 9.17) is 0 Å². The van der Waals surface area contributed by atoms with Gasteiger partial charge in [-0.2, -0.15) is 0 Å². The third kappa shape index (κ3) is 2.92. The van der Waals surface area contributed by atoms with Gasteiger partial charge in [-0.15, -0.1) is 0 Å². The van der Waals surface area contributed by atoms with Gasteiger partial charge in [0.05, 0.1) is 0 Å². The Balaban J connectivity index is 1.81. The standard InChI is InChI=1S/C18H16N2O/c1-14-2-6-16(7-3-14)17-8-4-15(5-9-17)12-20-11-10-19-18(20)13-21/h2-11,13H,12H2,1H3. The quantitative estimate of drug-likeness (QED) is 0.681. The first-order valence-corrected chi connectivity index (χ1v) is 6.88. The molecule has 0 aliphatic rings. The van der Waals surface area contributed by atoms with Crippen molar-refractivity contribution in [3.8, 4) is 11.1 Å². The smallest absolute Gasteiger partial charge is 0.185 e. The van der Waals surface area contributed by atoms with Crippen LogP contribution in [0.5, 0.6) is 0 Å². The molecule has 3 heteroatoms. The van der Waals surface area contributed by atoms with E-state index < -0.39 is 0 Å². The Morgan fingerprint density at radius 3 is 2.24 bits per heavy atom. The third-order valence-electron chi connectivity index (χ3n) is 3.54. The highest BCUT2D eigenvalue weighted by atomic mass is 16.1. The third-order valence-corrected chi connectivity index (χ3v) is 3.54. The van der Waals surface area contributed by atoms with Crippen molar-refractivity contribution in [1.29, 1.82) is 0 Å². The normalized spacial score (nSPS) is 10.5. The van der Waals surface area contributed by atoms with Crippen LogP contribution in [0.2, 0.25) is 0 Å². The number of hydrogen-bond acceptors (Lipinski definition) is 2. The minimum absolute atomic E-state index is 0.456. The van der Waals surface area contributed by atoms with E-state index >= 15 is 0 Å². The van der Waals surface area contributed by atoms with Gasteiger partial charge in [0.2, 0.25) is 0 Å². The zero-order valence-electron chi connectivity index (χ0n) is 11.9. The molecule has 0 fully saturated rings. The van der Waals surface area contributed by atoms with Crippen molar-refractivity contribution in [3.05, 3.63) is 77.9 Å². The fourth-order valence-corrected chi connectivity index (χ4v) is 2.32. The van der Waals surface area contributed by atoms with Crippen molar-refractivity contribution in [2.24, 2.45) is 0 Å². The molecule has 2 aromatic carbocycles. The fourth-order valence-electron chi connectivity index (χ4n) is 2.32. The lowest BCUT2D eigenvalue weighted by Gasteiger charge is -2.07. The van der Waals surface area contributed by atoms with Crippen molar-refractivity contribution < 1.29 is 4.79 Å². The van der Waals surface area contributed by atoms with E-state index in [0.29, 0.717) is 12.4 Å². The molecule has 0 saturated carbocycles. The van der Waals surface area contributed by atoms with Crippen LogP contribution in [0.1, 0.15) is 21.7 Å². The predicted octanol–water partition coefficient (Wildman–Crippen LogP) is 3.72. The second-order valence-corrected chi connectivity index (χ2v) is 5.09. The zero-order valence-corrected chi connectivity index (χ0v) is 11.9. The minimum atomic E-state index is 0.456. The lowest BCUT2D eigenvalue weighted by molar-refractivity contribution is 0.111. The summed E-state index contributed by atoms with van der Waals surface area (Å²) in [5.74, 6) is 0.456. The van der Waals surface area contributed by atoms with Gasteiger partial charge in [-0.3, -0.25) is 4.79 Å². The van der Waals surface area contributed by atoms with Gasteiger partial charge in [0.15, 0.2) is 12.1 Å². The maximum Gasteiger partial charge on any atom is 0.185 e. The summed E-state index contributed by atoms with van der Waals surface area (Å²) in [5, 5.41) is 0. The van der Waals surface area contributed by atoms with Gasteiger partial charge in [0.25, 0.3) is 0 Å². The molecule has 0 N–H and O–H groups in total. The van der Waals surface area contributed by atoms with E-state index in [1.165, 1.54) is 16.7 Å². The Bertz CT molecular complexity index is 740. The Morgan fingerprint density at radius 2 is 1.62 bits per heavy atom. The molecular weight excluding hydrogens is 260 g/mol. The van der Waals surface area contributed by atoms with E-state index in [1.54, 1.807) is 6.20 Å². The van der Waals surface area contributed by atoms with Crippen LogP contribution in [-0.2, 0) is 6.54 Å². The highest BCUT2D eigenvalue weighted by Gasteiger charge is 2.03. The van der Waals surface area contributed by atoms with E-state index in [9.17, 15) is 4.79 Å². The van der Waals surface area contributed by atoms with Crippen LogP contribution < -0.4 is 0 Å². The monoisotopic (exact) mass is 276 g/mol. The first kappa shape index (κ1) is 13.3. The molecular formula is C18H16N2O. The Labute approximate surface area is 123 Å². The van der Waals surface area contributed by atoms with Gasteiger partial charge in [-0.25, -0.2) is 4.98 Å². The summed E-state index contributed by atoms with van der Waals surface area (Å²) in [6.45, 7) is 2.74. The van der Waals surface area contributed by atoms with Crippen LogP contribution in [0.3, 0.4) is 0 Å². The van der Waals surface area contributed by atoms with Crippen LogP contribution in [-0.4, -0.2) is 15.8 Å². The molecule has 3 nitrogen and oxygen atoms in total. The molecule has 21 heavy (non-hydrogen) atoms. The van der Waals surface area contributed by atoms with Gasteiger partial charge < -0.3 is 4.57 Å². The minimum Gasteiger partial charge on any atom is -0.324 e. The van der Waals surface area contributed by atoms with E-state index in [1.807, 2.05) is 10.8 Å². The largest absolute Gasteiger partial charge is 0.324 e. The number of carbonyl (C=O) groups is 1. The Morgan fingerprint density at radius 1 is 1.00 bits per heavy atom. The molecule has 0 aliphatic heterocycles. The molecule has 0 aliphatic carbocycles. The summed E-state index contributed by atoms with van der Waals surface area (Å²) in [6, 6.07) is 16.9. The molecule has 1 aromatic heterocycles. The summed E-state index contributed by atoms with van der Waals surface area (Å²) >= 11 is 0. The van der Waals surface area contributed by atoms with E-state index in [2.05, 4.69) is 60.4 Å². The summed E-state index contributed by atoms with van der Waals surface area (Å²) < 4.78 is 1.84. The van der Waals surface area contributed by atoms with Crippen molar-refractivity contribution in [2.45, 2.75) is 13.5 Å². The number of hydrogen-bond donors (Lipinski definition) is 0. The lowest BCUT2D eigenvalue weighted by atomic mass is 10.0. The van der Waals surface area contributed by atoms with Gasteiger partial charge in [-0.1, -0.05) is 54.1 Å². The van der Waals surface area contributed by atoms with Crippen LogP contribution in [0.4, 0.5) is 0 Å². The Hall–Kier alpha value is -2.68. The number of carbonyl (C=O) groups excluding carboxylic acids is 1. The molecule has 3 rings (SSSR count). The van der Waals surface area contributed by atoms with Crippen molar-refractivity contribution in [3.63, 3.8) is 0 Å². The molecule has 0 radical (unpaired) electrons. The first-order valence-electron chi connectivity index (χ1n) is 6.88. The summed E-state index contributed by atoms with van der Waals surface area (Å²) in [7, 11) is 0. The van der Waals surface area contributed by atoms with Gasteiger partial charge in [0.1, 0.15) is 0 Å². The molecule has 0 spiro atoms. The topological polar surface area (TPSA) is 34.9 Å². The molecule has 0 atom stereocenters. The summed E-state index contributed by atoms with van der Waals surface area (Å²) in [4.78, 5) is 14.9. The molecule has 1 heterocycles. The second kappa shape index (κ2) is 5.75. The van der Waals surface area contributed by atoms with Crippen LogP contribution in [0.25, 0.3) is 11.1 Å². The SMILES string of the molecule is Cc1ccc(-c2ccc(Cn3ccnc3C=O)cc2)cc1. The molecule has 104 valence electrons. The first-order chi connectivity index (χ1) is 10.3. The van der Waals surface area contributed by atoms with Crippen molar-refractivity contribution in [1.82, 2.24) is 9.55 Å². The molecule has 0 saturated heterocycles. The number of aldehydes is 1. The predicted molar refractivity (Wildman–Crippen MR) is 83.3 cm³/mol. The van der Waals surface area contributed by atoms with Gasteiger partial charge >= 0.3 is 0 Å². The van der Waals surface area contributed by atoms with E-state index in [-0.39, 0.29) is 0 Å². The van der Waals surface area contributed by atoms with Gasteiger partial charge in [0, 0.05) is 18.9 Å². The van der Waals surface area contributed by atoms with E-state index in [0.717, 1.165) is 11.8 Å². The lowest BCUT2D eigenvalue weighted by Crippen LogP contribution is -2.03. The zero-order chi connectivity index (χ0) is 14.7. The molecule has 0 amide bonds. The average Bonchev–Trinajstić information content (AvgIpc) is 2.96. The number of rotatable bonds is 4. The summed E-state index contributed by atoms with van der Waals surface area (Å²) in [5.41, 5.74) is 4.81. The fraction of sp³-hybridized carbons (Fsp3) is 0.111. The summed E-state index contributed by atoms with van der Waals surface area (Å²) in [6.07, 6.45) is 4.24. The maximum absolute atomic E-state index is 10.9. The highest BCUT2D eigenvalue weighted by Crippen LogP contribution is 2.20. The number of nitrogens with zero attached hydrogens (tertiary/aromatic N) is 2. The molecule has 0 bridgehead atoms. The number of imidazole rings is 1. The Kier molecular flexibility index (Phi) is 3.65. The molecule has 0 unspecified atom stereocenters. The van der Waals surface area contributed by atoms with Gasteiger partial charge in [-0.05, 0) is 23.6 Å². The van der Waals surface area contributed by atoms with Crippen LogP contribution in [0.15, 0.2) is 60.9 Å². The maximum atomic E-state index is 10.9. The van der Waals surface area contributed by atoms with Crippen molar-refractivity contribution in [2.75, 3.05) is 0 Å².